The van der Waals surface area contributed by atoms with Crippen molar-refractivity contribution in [3.8, 4) is 0 Å². The molecule has 0 saturated carbocycles. The Balaban J connectivity index is 1.41. The number of sulfonamides is 1. The van der Waals surface area contributed by atoms with Gasteiger partial charge in [0.25, 0.3) is 5.91 Å². The molecule has 33 heavy (non-hydrogen) atoms. The van der Waals surface area contributed by atoms with Crippen molar-refractivity contribution >= 4 is 27.7 Å². The number of aryl methyl sites for hydroxylation is 1. The number of piperazine rings is 1. The van der Waals surface area contributed by atoms with Crippen molar-refractivity contribution in [1.29, 1.82) is 0 Å². The third-order valence-electron chi connectivity index (χ3n) is 5.47. The van der Waals surface area contributed by atoms with E-state index in [1.165, 1.54) is 28.2 Å². The largest absolute Gasteiger partial charge is 0.336 e. The molecule has 0 spiro atoms. The zero-order valence-corrected chi connectivity index (χ0v) is 19.8. The van der Waals surface area contributed by atoms with E-state index < -0.39 is 10.0 Å². The molecular formula is C24H24FN3O3S2. The molecule has 4 rings (SSSR count). The summed E-state index contributed by atoms with van der Waals surface area (Å²) in [6.07, 6.45) is 1.63. The molecule has 1 amide bonds. The van der Waals surface area contributed by atoms with Gasteiger partial charge in [0.1, 0.15) is 10.8 Å². The number of carbonyl (C=O) groups excluding carboxylic acids is 1. The highest BCUT2D eigenvalue weighted by Crippen LogP contribution is 2.26. The lowest BCUT2D eigenvalue weighted by molar-refractivity contribution is 0.0693. The van der Waals surface area contributed by atoms with Crippen LogP contribution in [0.3, 0.4) is 0 Å². The van der Waals surface area contributed by atoms with Crippen molar-refractivity contribution in [2.45, 2.75) is 22.6 Å². The number of hydrogen-bond acceptors (Lipinski definition) is 5. The highest BCUT2D eigenvalue weighted by atomic mass is 32.2. The summed E-state index contributed by atoms with van der Waals surface area (Å²) in [6.45, 7) is 2.99. The summed E-state index contributed by atoms with van der Waals surface area (Å²) in [6, 6.07) is 16.5. The predicted molar refractivity (Wildman–Crippen MR) is 126 cm³/mol. The molecule has 1 aliphatic rings. The summed E-state index contributed by atoms with van der Waals surface area (Å²) in [7, 11) is -3.59. The Morgan fingerprint density at radius 1 is 1.00 bits per heavy atom. The fraction of sp³-hybridized carbons (Fsp3) is 0.250. The van der Waals surface area contributed by atoms with Crippen LogP contribution in [0.15, 0.2) is 76.8 Å². The van der Waals surface area contributed by atoms with Crippen LogP contribution >= 0.6 is 11.8 Å². The quantitative estimate of drug-likeness (QED) is 0.494. The molecule has 0 N–H and O–H groups in total. The van der Waals surface area contributed by atoms with Gasteiger partial charge >= 0.3 is 0 Å². The maximum absolute atomic E-state index is 13.2. The van der Waals surface area contributed by atoms with Gasteiger partial charge in [-0.25, -0.2) is 17.8 Å². The summed E-state index contributed by atoms with van der Waals surface area (Å²) in [5.74, 6) is 0.0956. The number of aromatic nitrogens is 1. The van der Waals surface area contributed by atoms with Gasteiger partial charge in [0.05, 0.1) is 10.5 Å². The molecule has 6 nitrogen and oxygen atoms in total. The molecule has 0 radical (unpaired) electrons. The SMILES string of the molecule is Cc1ccc(S(=O)(=O)N2CCN(C(=O)c3cccnc3SCc3ccc(F)cc3)CC2)cc1. The fourth-order valence-corrected chi connectivity index (χ4v) is 5.93. The first kappa shape index (κ1) is 23.4. The smallest absolute Gasteiger partial charge is 0.256 e. The van der Waals surface area contributed by atoms with E-state index in [1.54, 1.807) is 59.6 Å². The van der Waals surface area contributed by atoms with Crippen LogP contribution in [0, 0.1) is 12.7 Å². The zero-order valence-electron chi connectivity index (χ0n) is 18.1. The Labute approximate surface area is 197 Å². The standard InChI is InChI=1S/C24H24FN3O3S2/c1-18-4-10-21(11-5-18)33(30,31)28-15-13-27(14-16-28)24(29)22-3-2-12-26-23(22)32-17-19-6-8-20(25)9-7-19/h2-12H,13-17H2,1H3. The first-order valence-corrected chi connectivity index (χ1v) is 13.0. The highest BCUT2D eigenvalue weighted by molar-refractivity contribution is 7.98. The van der Waals surface area contributed by atoms with Gasteiger partial charge in [-0.15, -0.1) is 11.8 Å². The molecule has 3 aromatic rings. The molecule has 1 fully saturated rings. The monoisotopic (exact) mass is 485 g/mol. The highest BCUT2D eigenvalue weighted by Gasteiger charge is 2.31. The van der Waals surface area contributed by atoms with Crippen LogP contribution in [0.25, 0.3) is 0 Å². The van der Waals surface area contributed by atoms with Crippen LogP contribution in [0.2, 0.25) is 0 Å². The van der Waals surface area contributed by atoms with Gasteiger partial charge in [0.2, 0.25) is 10.0 Å². The van der Waals surface area contributed by atoms with Crippen molar-refractivity contribution in [3.05, 3.63) is 89.4 Å². The van der Waals surface area contributed by atoms with Crippen LogP contribution in [-0.4, -0.2) is 54.7 Å². The number of halogens is 1. The maximum Gasteiger partial charge on any atom is 0.256 e. The lowest BCUT2D eigenvalue weighted by atomic mass is 10.2. The van der Waals surface area contributed by atoms with Crippen LogP contribution < -0.4 is 0 Å². The van der Waals surface area contributed by atoms with Crippen molar-refractivity contribution in [1.82, 2.24) is 14.2 Å². The summed E-state index contributed by atoms with van der Waals surface area (Å²) < 4.78 is 40.4. The lowest BCUT2D eigenvalue weighted by Crippen LogP contribution is -2.50. The number of rotatable bonds is 6. The van der Waals surface area contributed by atoms with E-state index >= 15 is 0 Å². The van der Waals surface area contributed by atoms with Gasteiger partial charge < -0.3 is 4.90 Å². The van der Waals surface area contributed by atoms with Crippen LogP contribution in [-0.2, 0) is 15.8 Å². The predicted octanol–water partition coefficient (Wildman–Crippen LogP) is 3.97. The molecule has 172 valence electrons. The average molecular weight is 486 g/mol. The van der Waals surface area contributed by atoms with E-state index in [0.29, 0.717) is 29.4 Å². The van der Waals surface area contributed by atoms with Crippen molar-refractivity contribution in [2.24, 2.45) is 0 Å². The Morgan fingerprint density at radius 3 is 2.33 bits per heavy atom. The van der Waals surface area contributed by atoms with Crippen molar-refractivity contribution in [2.75, 3.05) is 26.2 Å². The van der Waals surface area contributed by atoms with E-state index in [-0.39, 0.29) is 29.7 Å². The second-order valence-corrected chi connectivity index (χ2v) is 10.7. The van der Waals surface area contributed by atoms with Gasteiger partial charge in [-0.2, -0.15) is 4.31 Å². The fourth-order valence-electron chi connectivity index (χ4n) is 3.56. The molecule has 1 saturated heterocycles. The first-order chi connectivity index (χ1) is 15.8. The minimum absolute atomic E-state index is 0.169. The minimum Gasteiger partial charge on any atom is -0.336 e. The molecule has 0 aliphatic carbocycles. The number of thioether (sulfide) groups is 1. The molecule has 0 unspecified atom stereocenters. The molecule has 9 heteroatoms. The Morgan fingerprint density at radius 2 is 1.67 bits per heavy atom. The number of carbonyl (C=O) groups is 1. The van der Waals surface area contributed by atoms with Gasteiger partial charge in [-0.05, 0) is 48.9 Å². The van der Waals surface area contributed by atoms with Gasteiger partial charge in [-0.3, -0.25) is 4.79 Å². The Bertz CT molecular complexity index is 1220. The van der Waals surface area contributed by atoms with Crippen molar-refractivity contribution < 1.29 is 17.6 Å². The summed E-state index contributed by atoms with van der Waals surface area (Å²) in [5.41, 5.74) is 2.41. The number of benzene rings is 2. The van der Waals surface area contributed by atoms with Gasteiger partial charge in [-0.1, -0.05) is 29.8 Å². The van der Waals surface area contributed by atoms with E-state index in [0.717, 1.165) is 11.1 Å². The average Bonchev–Trinajstić information content (AvgIpc) is 2.84. The number of hydrogen-bond donors (Lipinski definition) is 0. The summed E-state index contributed by atoms with van der Waals surface area (Å²) in [5, 5.41) is 0.599. The summed E-state index contributed by atoms with van der Waals surface area (Å²) in [4.78, 5) is 19.5. The molecule has 1 aromatic heterocycles. The second-order valence-electron chi connectivity index (χ2n) is 7.78. The lowest BCUT2D eigenvalue weighted by Gasteiger charge is -2.34. The third-order valence-corrected chi connectivity index (χ3v) is 8.46. The molecule has 1 aliphatic heterocycles. The molecular weight excluding hydrogens is 461 g/mol. The third kappa shape index (κ3) is 5.43. The second kappa shape index (κ2) is 10.0. The number of pyridine rings is 1. The normalized spacial score (nSPS) is 14.9. The number of amides is 1. The molecule has 0 atom stereocenters. The van der Waals surface area contributed by atoms with E-state index in [4.69, 9.17) is 0 Å². The molecule has 2 aromatic carbocycles. The molecule has 0 bridgehead atoms. The van der Waals surface area contributed by atoms with Crippen LogP contribution in [0.1, 0.15) is 21.5 Å². The van der Waals surface area contributed by atoms with E-state index in [1.807, 2.05) is 6.92 Å². The Hall–Kier alpha value is -2.75. The maximum atomic E-state index is 13.2. The minimum atomic E-state index is -3.59. The van der Waals surface area contributed by atoms with Crippen molar-refractivity contribution in [3.63, 3.8) is 0 Å². The Kier molecular flexibility index (Phi) is 7.11. The van der Waals surface area contributed by atoms with E-state index in [2.05, 4.69) is 4.98 Å². The van der Waals surface area contributed by atoms with Gasteiger partial charge in [0.15, 0.2) is 0 Å². The van der Waals surface area contributed by atoms with E-state index in [9.17, 15) is 17.6 Å². The van der Waals surface area contributed by atoms with Gasteiger partial charge in [0, 0.05) is 38.1 Å². The molecule has 2 heterocycles. The first-order valence-electron chi connectivity index (χ1n) is 10.5. The van der Waals surface area contributed by atoms with Crippen LogP contribution in [0.4, 0.5) is 4.39 Å². The topological polar surface area (TPSA) is 70.6 Å². The summed E-state index contributed by atoms with van der Waals surface area (Å²) >= 11 is 1.41. The zero-order chi connectivity index (χ0) is 23.4. The van der Waals surface area contributed by atoms with Crippen LogP contribution in [0.5, 0.6) is 0 Å². The number of nitrogens with zero attached hydrogens (tertiary/aromatic N) is 3.